The predicted molar refractivity (Wildman–Crippen MR) is 83.7 cm³/mol. The second-order valence-corrected chi connectivity index (χ2v) is 5.96. The number of carbonyl (C=O) groups excluding carboxylic acids is 2. The van der Waals surface area contributed by atoms with Crippen LogP contribution in [0.2, 0.25) is 0 Å². The molecule has 3 rings (SSSR count). The van der Waals surface area contributed by atoms with Crippen LogP contribution in [0.4, 0.5) is 26.7 Å². The third kappa shape index (κ3) is 3.37. The lowest BCUT2D eigenvalue weighted by Gasteiger charge is -2.20. The Hall–Kier alpha value is -3.17. The number of halogens is 5. The van der Waals surface area contributed by atoms with Gasteiger partial charge in [-0.1, -0.05) is 30.3 Å². The molecule has 2 aromatic carbocycles. The van der Waals surface area contributed by atoms with Gasteiger partial charge >= 0.3 is 12.1 Å². The van der Waals surface area contributed by atoms with Crippen molar-refractivity contribution in [2.45, 2.75) is 19.1 Å². The molecule has 0 spiro atoms. The van der Waals surface area contributed by atoms with Crippen LogP contribution in [0.5, 0.6) is 5.75 Å². The van der Waals surface area contributed by atoms with Crippen LogP contribution in [0.25, 0.3) is 0 Å². The number of amides is 1. The molecular formula is C18H12F5NO4. The third-order valence-corrected chi connectivity index (χ3v) is 4.21. The van der Waals surface area contributed by atoms with Crippen molar-refractivity contribution in [1.29, 1.82) is 0 Å². The van der Waals surface area contributed by atoms with Crippen molar-refractivity contribution in [2.24, 2.45) is 0 Å². The topological polar surface area (TPSA) is 55.8 Å². The first kappa shape index (κ1) is 19.6. The van der Waals surface area contributed by atoms with Gasteiger partial charge in [0.15, 0.2) is 0 Å². The van der Waals surface area contributed by atoms with E-state index in [1.807, 2.05) is 0 Å². The van der Waals surface area contributed by atoms with Gasteiger partial charge in [-0.2, -0.15) is 8.78 Å². The Bertz CT molecular complexity index is 908. The van der Waals surface area contributed by atoms with E-state index in [0.717, 1.165) is 4.90 Å². The predicted octanol–water partition coefficient (Wildman–Crippen LogP) is 3.87. The summed E-state index contributed by atoms with van der Waals surface area (Å²) in [5, 5.41) is 0. The van der Waals surface area contributed by atoms with Gasteiger partial charge in [0.25, 0.3) is 0 Å². The highest BCUT2D eigenvalue weighted by Gasteiger charge is 2.41. The van der Waals surface area contributed by atoms with Crippen LogP contribution >= 0.6 is 0 Å². The van der Waals surface area contributed by atoms with Crippen LogP contribution in [0.1, 0.15) is 18.6 Å². The second kappa shape index (κ2) is 7.45. The third-order valence-electron chi connectivity index (χ3n) is 4.21. The molecule has 1 amide bonds. The van der Waals surface area contributed by atoms with Crippen LogP contribution in [0.3, 0.4) is 0 Å². The fourth-order valence-corrected chi connectivity index (χ4v) is 2.76. The number of cyclic esters (lactones) is 1. The van der Waals surface area contributed by atoms with Crippen molar-refractivity contribution < 1.29 is 41.0 Å². The van der Waals surface area contributed by atoms with Gasteiger partial charge in [0, 0.05) is 0 Å². The van der Waals surface area contributed by atoms with Gasteiger partial charge in [-0.05, 0) is 12.5 Å². The van der Waals surface area contributed by atoms with E-state index in [-0.39, 0.29) is 0 Å². The van der Waals surface area contributed by atoms with Crippen molar-refractivity contribution in [3.63, 3.8) is 0 Å². The van der Waals surface area contributed by atoms with E-state index in [2.05, 4.69) is 4.74 Å². The number of rotatable bonds is 4. The number of nitrogens with zero attached hydrogens (tertiary/aromatic N) is 1. The normalized spacial score (nSPS) is 18.9. The van der Waals surface area contributed by atoms with Gasteiger partial charge in [-0.25, -0.2) is 22.8 Å². The van der Waals surface area contributed by atoms with Crippen LogP contribution in [-0.2, 0) is 9.53 Å². The molecule has 0 aliphatic carbocycles. The number of benzene rings is 2. The maximum Gasteiger partial charge on any atom is 0.411 e. The summed E-state index contributed by atoms with van der Waals surface area (Å²) in [5.41, 5.74) is 0.652. The van der Waals surface area contributed by atoms with Gasteiger partial charge in [0.05, 0.1) is 6.04 Å². The minimum Gasteiger partial charge on any atom is -0.439 e. The first-order chi connectivity index (χ1) is 13.2. The maximum absolute atomic E-state index is 13.6. The van der Waals surface area contributed by atoms with Crippen LogP contribution < -0.4 is 4.74 Å². The maximum atomic E-state index is 13.6. The van der Waals surface area contributed by atoms with E-state index in [9.17, 15) is 31.5 Å². The molecule has 1 heterocycles. The fraction of sp³-hybridized carbons (Fsp3) is 0.222. The van der Waals surface area contributed by atoms with Crippen molar-refractivity contribution in [1.82, 2.24) is 4.90 Å². The second-order valence-electron chi connectivity index (χ2n) is 5.96. The van der Waals surface area contributed by atoms with Gasteiger partial charge in [-0.15, -0.1) is 0 Å². The van der Waals surface area contributed by atoms with Crippen LogP contribution in [0.15, 0.2) is 30.3 Å². The zero-order valence-electron chi connectivity index (χ0n) is 14.2. The number of hydrogen-bond acceptors (Lipinski definition) is 4. The molecule has 0 bridgehead atoms. The molecule has 1 aliphatic heterocycles. The van der Waals surface area contributed by atoms with Crippen molar-refractivity contribution >= 4 is 12.1 Å². The van der Waals surface area contributed by atoms with Gasteiger partial charge in [0.2, 0.25) is 34.8 Å². The highest BCUT2D eigenvalue weighted by molar-refractivity contribution is 5.81. The lowest BCUT2D eigenvalue weighted by atomic mass is 10.0. The summed E-state index contributed by atoms with van der Waals surface area (Å²) in [4.78, 5) is 24.9. The molecule has 1 aliphatic rings. The molecule has 10 heteroatoms. The highest BCUT2D eigenvalue weighted by Crippen LogP contribution is 2.33. The highest BCUT2D eigenvalue weighted by atomic mass is 19.2. The number of hydrogen-bond donors (Lipinski definition) is 0. The summed E-state index contributed by atoms with van der Waals surface area (Å²) in [6.07, 6.45) is -1.61. The largest absolute Gasteiger partial charge is 0.439 e. The van der Waals surface area contributed by atoms with Crippen molar-refractivity contribution in [3.8, 4) is 5.75 Å². The van der Waals surface area contributed by atoms with E-state index >= 15 is 0 Å². The minimum absolute atomic E-state index is 0.652. The summed E-state index contributed by atoms with van der Waals surface area (Å²) in [6, 6.07) is 7.94. The molecule has 2 unspecified atom stereocenters. The Morgan fingerprint density at radius 1 is 1.00 bits per heavy atom. The average Bonchev–Trinajstić information content (AvgIpc) is 2.97. The van der Waals surface area contributed by atoms with Crippen molar-refractivity contribution in [3.05, 3.63) is 65.0 Å². The molecule has 2 atom stereocenters. The quantitative estimate of drug-likeness (QED) is 0.257. The summed E-state index contributed by atoms with van der Waals surface area (Å²) in [6.45, 7) is 0.747. The molecule has 0 radical (unpaired) electrons. The van der Waals surface area contributed by atoms with E-state index in [4.69, 9.17) is 4.74 Å². The Morgan fingerprint density at radius 2 is 1.54 bits per heavy atom. The monoisotopic (exact) mass is 401 g/mol. The molecule has 0 N–H and O–H groups in total. The van der Waals surface area contributed by atoms with Gasteiger partial charge in [-0.3, -0.25) is 4.90 Å². The van der Waals surface area contributed by atoms with E-state index < -0.39 is 65.6 Å². The van der Waals surface area contributed by atoms with E-state index in [1.165, 1.54) is 0 Å². The fourth-order valence-electron chi connectivity index (χ4n) is 2.76. The first-order valence-electron chi connectivity index (χ1n) is 7.96. The van der Waals surface area contributed by atoms with Crippen LogP contribution in [-0.4, -0.2) is 29.5 Å². The SMILES string of the molecule is CC1C(c2ccccc2)OC(=O)N1CC(=O)Oc1c(F)c(F)c(F)c(F)c1F. The van der Waals surface area contributed by atoms with E-state index in [1.54, 1.807) is 37.3 Å². The van der Waals surface area contributed by atoms with Crippen molar-refractivity contribution in [2.75, 3.05) is 6.54 Å². The molecule has 5 nitrogen and oxygen atoms in total. The Labute approximate surface area is 155 Å². The van der Waals surface area contributed by atoms with Crippen LogP contribution in [0, 0.1) is 29.1 Å². The Morgan fingerprint density at radius 3 is 2.11 bits per heavy atom. The molecule has 1 saturated heterocycles. The number of esters is 1. The summed E-state index contributed by atoms with van der Waals surface area (Å²) in [5.74, 6) is -14.6. The molecule has 2 aromatic rings. The summed E-state index contributed by atoms with van der Waals surface area (Å²) >= 11 is 0. The zero-order valence-corrected chi connectivity index (χ0v) is 14.2. The van der Waals surface area contributed by atoms with E-state index in [0.29, 0.717) is 5.56 Å². The smallest absolute Gasteiger partial charge is 0.411 e. The Kier molecular flexibility index (Phi) is 5.21. The average molecular weight is 401 g/mol. The molecule has 1 fully saturated rings. The number of ether oxygens (including phenoxy) is 2. The lowest BCUT2D eigenvalue weighted by molar-refractivity contribution is -0.135. The zero-order chi connectivity index (χ0) is 20.6. The first-order valence-corrected chi connectivity index (χ1v) is 7.96. The molecular weight excluding hydrogens is 389 g/mol. The summed E-state index contributed by atoms with van der Waals surface area (Å²) < 4.78 is 76.1. The minimum atomic E-state index is -2.38. The molecule has 148 valence electrons. The number of carbonyl (C=O) groups is 2. The molecule has 28 heavy (non-hydrogen) atoms. The van der Waals surface area contributed by atoms with Gasteiger partial charge < -0.3 is 9.47 Å². The Balaban J connectivity index is 1.76. The summed E-state index contributed by atoms with van der Waals surface area (Å²) in [7, 11) is 0. The van der Waals surface area contributed by atoms with Gasteiger partial charge in [0.1, 0.15) is 12.6 Å². The lowest BCUT2D eigenvalue weighted by Crippen LogP contribution is -2.38. The molecule has 0 saturated carbocycles. The molecule has 0 aromatic heterocycles. The standard InChI is InChI=1S/C18H12F5NO4/c1-8-16(9-5-3-2-4-6-9)28-18(26)24(8)7-10(25)27-17-14(22)12(20)11(19)13(21)15(17)23/h2-6,8,16H,7H2,1H3.